The van der Waals surface area contributed by atoms with Crippen LogP contribution in [0.5, 0.6) is 5.75 Å². The molecular weight excluding hydrogens is 266 g/mol. The molecule has 0 bridgehead atoms. The van der Waals surface area contributed by atoms with Gasteiger partial charge in [0.2, 0.25) is 0 Å². The maximum atomic E-state index is 12.3. The number of para-hydroxylation sites is 2. The van der Waals surface area contributed by atoms with Gasteiger partial charge in [-0.25, -0.2) is 4.79 Å². The number of ether oxygens (including phenoxy) is 1. The summed E-state index contributed by atoms with van der Waals surface area (Å²) in [6.45, 7) is 2.68. The number of carbonyl (C=O) groups is 1. The van der Waals surface area contributed by atoms with Gasteiger partial charge in [-0.15, -0.1) is 0 Å². The SMILES string of the molecule is COc1ccccc1NC(=O)NC1(CN)CCCC(C)C1. The van der Waals surface area contributed by atoms with Crippen molar-refractivity contribution in [2.75, 3.05) is 19.0 Å². The van der Waals surface area contributed by atoms with Crippen LogP contribution in [0, 0.1) is 5.92 Å². The van der Waals surface area contributed by atoms with Crippen molar-refractivity contribution in [3.63, 3.8) is 0 Å². The summed E-state index contributed by atoms with van der Waals surface area (Å²) < 4.78 is 5.24. The first-order valence-corrected chi connectivity index (χ1v) is 7.51. The monoisotopic (exact) mass is 291 g/mol. The summed E-state index contributed by atoms with van der Waals surface area (Å²) in [4.78, 5) is 12.3. The van der Waals surface area contributed by atoms with Gasteiger partial charge in [-0.2, -0.15) is 0 Å². The molecule has 2 atom stereocenters. The van der Waals surface area contributed by atoms with E-state index in [1.165, 1.54) is 6.42 Å². The molecule has 1 aromatic rings. The first-order valence-electron chi connectivity index (χ1n) is 7.51. The molecule has 21 heavy (non-hydrogen) atoms. The lowest BCUT2D eigenvalue weighted by Gasteiger charge is -2.39. The molecule has 1 aliphatic carbocycles. The fourth-order valence-corrected chi connectivity index (χ4v) is 3.15. The van der Waals surface area contributed by atoms with E-state index in [4.69, 9.17) is 10.5 Å². The van der Waals surface area contributed by atoms with Gasteiger partial charge in [-0.05, 0) is 30.9 Å². The van der Waals surface area contributed by atoms with Gasteiger partial charge in [-0.3, -0.25) is 0 Å². The Morgan fingerprint density at radius 2 is 2.24 bits per heavy atom. The van der Waals surface area contributed by atoms with E-state index in [2.05, 4.69) is 17.6 Å². The zero-order chi connectivity index (χ0) is 15.3. The summed E-state index contributed by atoms with van der Waals surface area (Å²) in [5, 5.41) is 5.93. The van der Waals surface area contributed by atoms with Crippen LogP contribution >= 0.6 is 0 Å². The minimum absolute atomic E-state index is 0.223. The van der Waals surface area contributed by atoms with Crippen molar-refractivity contribution in [3.05, 3.63) is 24.3 Å². The first-order chi connectivity index (χ1) is 10.1. The molecule has 2 unspecified atom stereocenters. The molecule has 4 N–H and O–H groups in total. The molecule has 0 heterocycles. The Bertz CT molecular complexity index is 492. The molecule has 1 aromatic carbocycles. The van der Waals surface area contributed by atoms with Gasteiger partial charge < -0.3 is 21.1 Å². The molecule has 0 aliphatic heterocycles. The Balaban J connectivity index is 2.03. The van der Waals surface area contributed by atoms with Crippen molar-refractivity contribution in [2.24, 2.45) is 11.7 Å². The highest BCUT2D eigenvalue weighted by Gasteiger charge is 2.35. The summed E-state index contributed by atoms with van der Waals surface area (Å²) in [6, 6.07) is 7.14. The molecule has 1 fully saturated rings. The molecule has 1 saturated carbocycles. The van der Waals surface area contributed by atoms with Crippen LogP contribution in [0.25, 0.3) is 0 Å². The lowest BCUT2D eigenvalue weighted by atomic mass is 9.76. The Morgan fingerprint density at radius 1 is 1.48 bits per heavy atom. The second-order valence-electron chi connectivity index (χ2n) is 5.97. The molecule has 1 aliphatic rings. The quantitative estimate of drug-likeness (QED) is 0.798. The van der Waals surface area contributed by atoms with Gasteiger partial charge in [0.25, 0.3) is 0 Å². The van der Waals surface area contributed by atoms with Gasteiger partial charge in [0, 0.05) is 6.54 Å². The summed E-state index contributed by atoms with van der Waals surface area (Å²) in [6.07, 6.45) is 4.18. The third-order valence-electron chi connectivity index (χ3n) is 4.22. The van der Waals surface area contributed by atoms with Crippen molar-refractivity contribution in [1.29, 1.82) is 0 Å². The number of rotatable bonds is 4. The summed E-state index contributed by atoms with van der Waals surface area (Å²) in [5.74, 6) is 1.24. The van der Waals surface area contributed by atoms with E-state index < -0.39 is 0 Å². The highest BCUT2D eigenvalue weighted by Crippen LogP contribution is 2.32. The van der Waals surface area contributed by atoms with E-state index in [1.807, 2.05) is 24.3 Å². The number of benzene rings is 1. The fraction of sp³-hybridized carbons (Fsp3) is 0.562. The molecule has 5 nitrogen and oxygen atoms in total. The number of hydrogen-bond acceptors (Lipinski definition) is 3. The van der Waals surface area contributed by atoms with Crippen LogP contribution in [0.3, 0.4) is 0 Å². The molecule has 2 rings (SSSR count). The maximum Gasteiger partial charge on any atom is 0.319 e. The minimum Gasteiger partial charge on any atom is -0.495 e. The Kier molecular flexibility index (Phi) is 5.07. The van der Waals surface area contributed by atoms with Gasteiger partial charge in [0.15, 0.2) is 0 Å². The Hall–Kier alpha value is -1.75. The molecule has 116 valence electrons. The molecular formula is C16H25N3O2. The van der Waals surface area contributed by atoms with E-state index in [1.54, 1.807) is 7.11 Å². The number of hydrogen-bond donors (Lipinski definition) is 3. The van der Waals surface area contributed by atoms with Crippen LogP contribution in [0.2, 0.25) is 0 Å². The standard InChI is InChI=1S/C16H25N3O2/c1-12-6-5-9-16(10-12,11-17)19-15(20)18-13-7-3-4-8-14(13)21-2/h3-4,7-8,12H,5-6,9-11,17H2,1-2H3,(H2,18,19,20). The van der Waals surface area contributed by atoms with Crippen molar-refractivity contribution in [1.82, 2.24) is 5.32 Å². The average molecular weight is 291 g/mol. The van der Waals surface area contributed by atoms with E-state index >= 15 is 0 Å². The first kappa shape index (κ1) is 15.6. The zero-order valence-electron chi connectivity index (χ0n) is 12.8. The second kappa shape index (κ2) is 6.80. The lowest BCUT2D eigenvalue weighted by molar-refractivity contribution is 0.191. The smallest absolute Gasteiger partial charge is 0.319 e. The van der Waals surface area contributed by atoms with Crippen LogP contribution in [-0.2, 0) is 0 Å². The summed E-state index contributed by atoms with van der Waals surface area (Å²) in [7, 11) is 1.59. The van der Waals surface area contributed by atoms with Crippen molar-refractivity contribution >= 4 is 11.7 Å². The second-order valence-corrected chi connectivity index (χ2v) is 5.97. The molecule has 0 spiro atoms. The Labute approximate surface area is 126 Å². The number of nitrogens with two attached hydrogens (primary N) is 1. The highest BCUT2D eigenvalue weighted by atomic mass is 16.5. The average Bonchev–Trinajstić information content (AvgIpc) is 2.47. The fourth-order valence-electron chi connectivity index (χ4n) is 3.15. The van der Waals surface area contributed by atoms with Crippen molar-refractivity contribution in [3.8, 4) is 5.75 Å². The number of amides is 2. The normalized spacial score (nSPS) is 25.2. The summed E-state index contributed by atoms with van der Waals surface area (Å²) in [5.41, 5.74) is 6.30. The Morgan fingerprint density at radius 3 is 2.90 bits per heavy atom. The van der Waals surface area contributed by atoms with Crippen molar-refractivity contribution in [2.45, 2.75) is 38.1 Å². The minimum atomic E-state index is -0.288. The molecule has 0 aromatic heterocycles. The van der Waals surface area contributed by atoms with Crippen LogP contribution in [0.1, 0.15) is 32.6 Å². The molecule has 5 heteroatoms. The number of nitrogens with one attached hydrogen (secondary N) is 2. The predicted octanol–water partition coefficient (Wildman–Crippen LogP) is 2.72. The van der Waals surface area contributed by atoms with Crippen LogP contribution < -0.4 is 21.1 Å². The maximum absolute atomic E-state index is 12.3. The van der Waals surface area contributed by atoms with Crippen LogP contribution in [0.15, 0.2) is 24.3 Å². The largest absolute Gasteiger partial charge is 0.495 e. The number of urea groups is 1. The van der Waals surface area contributed by atoms with E-state index in [0.717, 1.165) is 19.3 Å². The van der Waals surface area contributed by atoms with Gasteiger partial charge in [0.1, 0.15) is 5.75 Å². The number of carbonyl (C=O) groups excluding carboxylic acids is 1. The molecule has 2 amide bonds. The number of methoxy groups -OCH3 is 1. The van der Waals surface area contributed by atoms with E-state index in [9.17, 15) is 4.79 Å². The third-order valence-corrected chi connectivity index (χ3v) is 4.22. The van der Waals surface area contributed by atoms with Crippen LogP contribution in [0.4, 0.5) is 10.5 Å². The summed E-state index contributed by atoms with van der Waals surface area (Å²) >= 11 is 0. The van der Waals surface area contributed by atoms with Crippen molar-refractivity contribution < 1.29 is 9.53 Å². The third kappa shape index (κ3) is 3.88. The topological polar surface area (TPSA) is 76.4 Å². The molecule has 0 radical (unpaired) electrons. The highest BCUT2D eigenvalue weighted by molar-refractivity contribution is 5.91. The number of anilines is 1. The molecule has 0 saturated heterocycles. The van der Waals surface area contributed by atoms with E-state index in [0.29, 0.717) is 23.9 Å². The van der Waals surface area contributed by atoms with E-state index in [-0.39, 0.29) is 11.6 Å². The van der Waals surface area contributed by atoms with Crippen LogP contribution in [-0.4, -0.2) is 25.2 Å². The van der Waals surface area contributed by atoms with Gasteiger partial charge in [-0.1, -0.05) is 31.9 Å². The zero-order valence-corrected chi connectivity index (χ0v) is 12.8. The van der Waals surface area contributed by atoms with Gasteiger partial charge >= 0.3 is 6.03 Å². The predicted molar refractivity (Wildman–Crippen MR) is 84.6 cm³/mol. The lowest BCUT2D eigenvalue weighted by Crippen LogP contribution is -2.57. The van der Waals surface area contributed by atoms with Gasteiger partial charge in [0.05, 0.1) is 18.3 Å².